The van der Waals surface area contributed by atoms with Crippen LogP contribution < -0.4 is 0 Å². The Morgan fingerprint density at radius 3 is 2.24 bits per heavy atom. The van der Waals surface area contributed by atoms with Gasteiger partial charge in [0.25, 0.3) is 0 Å². The van der Waals surface area contributed by atoms with Gasteiger partial charge in [0.05, 0.1) is 0 Å². The molecule has 0 heterocycles. The quantitative estimate of drug-likeness (QED) is 0.352. The normalized spacial score (nSPS) is 11.0. The van der Waals surface area contributed by atoms with Crippen LogP contribution in [0.3, 0.4) is 0 Å². The zero-order chi connectivity index (χ0) is 18.2. The Bertz CT molecular complexity index is 510. The van der Waals surface area contributed by atoms with Crippen LogP contribution in [0.25, 0.3) is 0 Å². The molecular weight excluding hydrogens is 344 g/mol. The number of unbranched alkanes of at least 4 members (excludes halogenated alkanes) is 5. The van der Waals surface area contributed by atoms with Gasteiger partial charge >= 0.3 is 0 Å². The number of benzene rings is 1. The average molecular weight is 382 g/mol. The smallest absolute Gasteiger partial charge is 0.0438 e. The lowest BCUT2D eigenvalue weighted by Gasteiger charge is -2.09. The molecule has 0 fully saturated rings. The lowest BCUT2D eigenvalue weighted by Crippen LogP contribution is -1.91. The van der Waals surface area contributed by atoms with Crippen molar-refractivity contribution in [1.82, 2.24) is 0 Å². The van der Waals surface area contributed by atoms with Crippen molar-refractivity contribution in [3.63, 3.8) is 0 Å². The molecule has 0 aliphatic heterocycles. The predicted octanol–water partition coefficient (Wildman–Crippen LogP) is 5.65. The minimum Gasteiger partial charge on any atom is -0.452 e. The fourth-order valence-corrected chi connectivity index (χ4v) is 5.01. The Balaban J connectivity index is 2.05. The molecular formula is C22H37OS2-. The van der Waals surface area contributed by atoms with Crippen molar-refractivity contribution < 1.29 is 5.11 Å². The highest BCUT2D eigenvalue weighted by atomic mass is 32.2. The fraction of sp³-hybridized carbons (Fsp3) is 0.682. The van der Waals surface area contributed by atoms with Crippen molar-refractivity contribution >= 4 is 22.1 Å². The molecule has 0 unspecified atom stereocenters. The Morgan fingerprint density at radius 2 is 1.56 bits per heavy atom. The summed E-state index contributed by atoms with van der Waals surface area (Å²) in [4.78, 5) is 0. The molecule has 1 aromatic carbocycles. The second-order valence-corrected chi connectivity index (χ2v) is 9.81. The van der Waals surface area contributed by atoms with Gasteiger partial charge < -0.3 is 15.4 Å². The first-order valence-electron chi connectivity index (χ1n) is 9.93. The molecule has 0 bridgehead atoms. The van der Waals surface area contributed by atoms with Crippen LogP contribution in [0.2, 0.25) is 0 Å². The first-order valence-corrected chi connectivity index (χ1v) is 12.9. The summed E-state index contributed by atoms with van der Waals surface area (Å²) < 4.78 is 0. The highest BCUT2D eigenvalue weighted by Gasteiger charge is 1.95. The summed E-state index contributed by atoms with van der Waals surface area (Å²) in [5.74, 6) is 3.63. The molecule has 0 spiro atoms. The van der Waals surface area contributed by atoms with Crippen LogP contribution in [0.1, 0.15) is 69.4 Å². The van der Waals surface area contributed by atoms with Crippen molar-refractivity contribution in [2.45, 2.75) is 64.7 Å². The molecule has 0 saturated heterocycles. The Morgan fingerprint density at radius 1 is 0.920 bits per heavy atom. The molecule has 1 N–H and O–H groups in total. The molecule has 3 heteroatoms. The van der Waals surface area contributed by atoms with Crippen molar-refractivity contribution in [3.05, 3.63) is 35.4 Å². The maximum absolute atomic E-state index is 8.72. The molecule has 144 valence electrons. The largest absolute Gasteiger partial charge is 0.452 e. The van der Waals surface area contributed by atoms with Gasteiger partial charge in [-0.1, -0.05) is 51.2 Å². The molecule has 25 heavy (non-hydrogen) atoms. The van der Waals surface area contributed by atoms with Crippen LogP contribution in [0.15, 0.2) is 24.3 Å². The number of rotatable bonds is 13. The number of aliphatic hydroxyl groups is 1. The van der Waals surface area contributed by atoms with Crippen molar-refractivity contribution in [3.8, 4) is 5.18 Å². The summed E-state index contributed by atoms with van der Waals surface area (Å²) in [7, 11) is 0.296. The number of aliphatic hydroxyl groups excluding tert-OH is 1. The standard InChI is InChI=1S/C22H37OS2/c1-3-19-25(2)20-22-14-12-21(13-15-22)11-8-6-4-5-7-9-17-24-18-10-16-23/h12-15,23H,3-11,16-19H2,1-2H3/q-1. The van der Waals surface area contributed by atoms with Gasteiger partial charge in [0.1, 0.15) is 0 Å². The van der Waals surface area contributed by atoms with Crippen LogP contribution in [-0.4, -0.2) is 35.2 Å². The Hall–Kier alpha value is -0.340. The first-order chi connectivity index (χ1) is 12.3. The highest BCUT2D eigenvalue weighted by molar-refractivity contribution is 7.99. The molecule has 0 atom stereocenters. The van der Waals surface area contributed by atoms with Crippen molar-refractivity contribution in [1.29, 1.82) is 0 Å². The monoisotopic (exact) mass is 381 g/mol. The molecule has 1 nitrogen and oxygen atoms in total. The van der Waals surface area contributed by atoms with E-state index in [2.05, 4.69) is 42.6 Å². The van der Waals surface area contributed by atoms with Gasteiger partial charge in [-0.3, -0.25) is 5.18 Å². The summed E-state index contributed by atoms with van der Waals surface area (Å²) in [6, 6.07) is 9.05. The van der Waals surface area contributed by atoms with Gasteiger partial charge in [-0.25, -0.2) is 0 Å². The number of hydrogen-bond donors (Lipinski definition) is 1. The molecule has 0 amide bonds. The summed E-state index contributed by atoms with van der Waals surface area (Å²) >= 11 is 1.99. The van der Waals surface area contributed by atoms with Crippen LogP contribution in [-0.2, 0) is 16.7 Å². The van der Waals surface area contributed by atoms with E-state index in [0.717, 1.165) is 12.2 Å². The molecule has 0 radical (unpaired) electrons. The van der Waals surface area contributed by atoms with Crippen molar-refractivity contribution in [2.24, 2.45) is 0 Å². The Labute approximate surface area is 162 Å². The highest BCUT2D eigenvalue weighted by Crippen LogP contribution is 2.13. The summed E-state index contributed by atoms with van der Waals surface area (Å²) in [5, 5.41) is 12.3. The summed E-state index contributed by atoms with van der Waals surface area (Å²) in [6.07, 6.45) is 13.8. The van der Waals surface area contributed by atoms with E-state index < -0.39 is 0 Å². The number of aryl methyl sites for hydroxylation is 1. The average Bonchev–Trinajstić information content (AvgIpc) is 2.61. The number of thioether (sulfide) groups is 1. The van der Waals surface area contributed by atoms with E-state index >= 15 is 0 Å². The fourth-order valence-electron chi connectivity index (χ4n) is 2.81. The third-order valence-electron chi connectivity index (χ3n) is 4.21. The van der Waals surface area contributed by atoms with Crippen molar-refractivity contribution in [2.75, 3.05) is 30.1 Å². The second-order valence-electron chi connectivity index (χ2n) is 6.70. The van der Waals surface area contributed by atoms with E-state index in [0.29, 0.717) is 16.9 Å². The van der Waals surface area contributed by atoms with Gasteiger partial charge in [-0.05, 0) is 60.4 Å². The molecule has 0 aliphatic carbocycles. The second kappa shape index (κ2) is 15.9. The van der Waals surface area contributed by atoms with E-state index in [1.165, 1.54) is 74.0 Å². The molecule has 0 aliphatic rings. The predicted molar refractivity (Wildman–Crippen MR) is 118 cm³/mol. The maximum Gasteiger partial charge on any atom is 0.0438 e. The first kappa shape index (κ1) is 22.7. The Kier molecular flexibility index (Phi) is 14.4. The molecule has 1 rings (SSSR count). The molecule has 0 aromatic heterocycles. The lowest BCUT2D eigenvalue weighted by molar-refractivity contribution is 0.296. The van der Waals surface area contributed by atoms with Gasteiger partial charge in [-0.15, -0.1) is 12.0 Å². The minimum absolute atomic E-state index is 0.296. The van der Waals surface area contributed by atoms with Gasteiger partial charge in [-0.2, -0.15) is 11.8 Å². The lowest BCUT2D eigenvalue weighted by atomic mass is 10.0. The third-order valence-corrected chi connectivity index (χ3v) is 6.97. The topological polar surface area (TPSA) is 20.2 Å². The summed E-state index contributed by atoms with van der Waals surface area (Å²) in [6.45, 7) is 2.58. The van der Waals surface area contributed by atoms with Crippen LogP contribution in [0.4, 0.5) is 0 Å². The van der Waals surface area contributed by atoms with E-state index in [9.17, 15) is 0 Å². The van der Waals surface area contributed by atoms with E-state index in [-0.39, 0.29) is 0 Å². The van der Waals surface area contributed by atoms with E-state index in [1.807, 2.05) is 11.8 Å². The third kappa shape index (κ3) is 12.6. The maximum atomic E-state index is 8.72. The zero-order valence-corrected chi connectivity index (χ0v) is 17.9. The SMILES string of the molecule is CCC[S-](C)#Cc1ccc(CCCCCCCCSCCCO)cc1. The molecule has 0 saturated carbocycles. The van der Waals surface area contributed by atoms with E-state index in [4.69, 9.17) is 5.11 Å². The van der Waals surface area contributed by atoms with Gasteiger partial charge in [0, 0.05) is 6.61 Å². The van der Waals surface area contributed by atoms with Crippen LogP contribution in [0.5, 0.6) is 0 Å². The van der Waals surface area contributed by atoms with Crippen LogP contribution in [0, 0.1) is 5.18 Å². The molecule has 1 aromatic rings. The zero-order valence-electron chi connectivity index (χ0n) is 16.3. The van der Waals surface area contributed by atoms with Crippen LogP contribution >= 0.6 is 11.8 Å². The van der Waals surface area contributed by atoms with Gasteiger partial charge in [0.2, 0.25) is 0 Å². The summed E-state index contributed by atoms with van der Waals surface area (Å²) in [5.41, 5.74) is 2.73. The minimum atomic E-state index is 0.296. The van der Waals surface area contributed by atoms with Gasteiger partial charge in [0.15, 0.2) is 0 Å². The van der Waals surface area contributed by atoms with E-state index in [1.54, 1.807) is 0 Å². The number of hydrogen-bond acceptors (Lipinski definition) is 3.